The molecule has 0 saturated heterocycles. The van der Waals surface area contributed by atoms with Gasteiger partial charge in [0.2, 0.25) is 0 Å². The third-order valence-electron chi connectivity index (χ3n) is 2.51. The smallest absolute Gasteiger partial charge is 0.257 e. The predicted molar refractivity (Wildman–Crippen MR) is 72.2 cm³/mol. The van der Waals surface area contributed by atoms with Crippen molar-refractivity contribution in [2.75, 3.05) is 5.32 Å². The minimum absolute atomic E-state index is 0.0904. The quantitative estimate of drug-likeness (QED) is 0.905. The highest BCUT2D eigenvalue weighted by atomic mass is 79.9. The molecule has 1 amide bonds. The lowest BCUT2D eigenvalue weighted by Crippen LogP contribution is -2.11. The summed E-state index contributed by atoms with van der Waals surface area (Å²) in [4.78, 5) is 11.9. The Kier molecular flexibility index (Phi) is 3.33. The molecule has 0 aliphatic heterocycles. The first-order chi connectivity index (χ1) is 8.06. The van der Waals surface area contributed by atoms with Crippen molar-refractivity contribution in [3.8, 4) is 0 Å². The summed E-state index contributed by atoms with van der Waals surface area (Å²) in [5, 5.41) is 2.87. The van der Waals surface area contributed by atoms with Gasteiger partial charge in [0.05, 0.1) is 5.56 Å². The molecule has 0 radical (unpaired) electrons. The van der Waals surface area contributed by atoms with E-state index in [-0.39, 0.29) is 5.91 Å². The number of carbonyl (C=O) groups is 1. The van der Waals surface area contributed by atoms with Gasteiger partial charge in [0.15, 0.2) is 0 Å². The van der Waals surface area contributed by atoms with Gasteiger partial charge in [-0.2, -0.15) is 0 Å². The Morgan fingerprint density at radius 1 is 1.35 bits per heavy atom. The Bertz CT molecular complexity index is 560. The molecule has 3 nitrogen and oxygen atoms in total. The van der Waals surface area contributed by atoms with Gasteiger partial charge in [0.1, 0.15) is 0 Å². The van der Waals surface area contributed by atoms with E-state index in [4.69, 9.17) is 0 Å². The van der Waals surface area contributed by atoms with Gasteiger partial charge in [-0.25, -0.2) is 0 Å². The minimum Gasteiger partial charge on any atom is -0.356 e. The van der Waals surface area contributed by atoms with E-state index >= 15 is 0 Å². The SMILES string of the molecule is Cc1cc(NC(=O)c2ccn(C)c2)ccc1Br. The fraction of sp³-hybridized carbons (Fsp3) is 0.154. The van der Waals surface area contributed by atoms with Gasteiger partial charge < -0.3 is 9.88 Å². The van der Waals surface area contributed by atoms with Gasteiger partial charge in [-0.1, -0.05) is 15.9 Å². The molecule has 0 saturated carbocycles. The summed E-state index contributed by atoms with van der Waals surface area (Å²) in [6.45, 7) is 1.99. The Balaban J connectivity index is 2.15. The maximum absolute atomic E-state index is 11.9. The van der Waals surface area contributed by atoms with Gasteiger partial charge in [-0.05, 0) is 36.8 Å². The topological polar surface area (TPSA) is 34.0 Å². The highest BCUT2D eigenvalue weighted by Crippen LogP contribution is 2.20. The first-order valence-corrected chi connectivity index (χ1v) is 6.05. The number of aromatic nitrogens is 1. The molecule has 88 valence electrons. The Hall–Kier alpha value is -1.55. The predicted octanol–water partition coefficient (Wildman–Crippen LogP) is 3.35. The van der Waals surface area contributed by atoms with Gasteiger partial charge in [-0.15, -0.1) is 0 Å². The number of nitrogens with one attached hydrogen (secondary N) is 1. The van der Waals surface area contributed by atoms with E-state index < -0.39 is 0 Å². The monoisotopic (exact) mass is 292 g/mol. The van der Waals surface area contributed by atoms with Crippen LogP contribution in [0.2, 0.25) is 0 Å². The Morgan fingerprint density at radius 3 is 2.71 bits per heavy atom. The number of aryl methyl sites for hydroxylation is 2. The molecule has 0 fully saturated rings. The number of rotatable bonds is 2. The highest BCUT2D eigenvalue weighted by molar-refractivity contribution is 9.10. The molecule has 0 aliphatic carbocycles. The molecule has 17 heavy (non-hydrogen) atoms. The van der Waals surface area contributed by atoms with Crippen LogP contribution in [0.4, 0.5) is 5.69 Å². The normalized spacial score (nSPS) is 10.3. The molecular formula is C13H13BrN2O. The summed E-state index contributed by atoms with van der Waals surface area (Å²) >= 11 is 3.43. The molecular weight excluding hydrogens is 280 g/mol. The summed E-state index contributed by atoms with van der Waals surface area (Å²) in [6, 6.07) is 7.53. The van der Waals surface area contributed by atoms with Crippen LogP contribution in [0.1, 0.15) is 15.9 Å². The van der Waals surface area contributed by atoms with Crippen molar-refractivity contribution < 1.29 is 4.79 Å². The van der Waals surface area contributed by atoms with E-state index in [0.29, 0.717) is 5.56 Å². The molecule has 1 aromatic carbocycles. The molecule has 0 bridgehead atoms. The van der Waals surface area contributed by atoms with E-state index in [0.717, 1.165) is 15.7 Å². The van der Waals surface area contributed by atoms with Gasteiger partial charge >= 0.3 is 0 Å². The number of halogens is 1. The van der Waals surface area contributed by atoms with E-state index in [1.807, 2.05) is 42.9 Å². The summed E-state index contributed by atoms with van der Waals surface area (Å²) in [6.07, 6.45) is 3.64. The number of nitrogens with zero attached hydrogens (tertiary/aromatic N) is 1. The number of amides is 1. The Morgan fingerprint density at radius 2 is 2.12 bits per heavy atom. The molecule has 0 aliphatic rings. The lowest BCUT2D eigenvalue weighted by molar-refractivity contribution is 0.102. The lowest BCUT2D eigenvalue weighted by atomic mass is 10.2. The summed E-state index contributed by atoms with van der Waals surface area (Å²) < 4.78 is 2.89. The molecule has 0 atom stereocenters. The maximum Gasteiger partial charge on any atom is 0.257 e. The molecule has 1 aromatic heterocycles. The highest BCUT2D eigenvalue weighted by Gasteiger charge is 2.07. The zero-order chi connectivity index (χ0) is 12.4. The van der Waals surface area contributed by atoms with Crippen LogP contribution in [0, 0.1) is 6.92 Å². The van der Waals surface area contributed by atoms with Crippen molar-refractivity contribution in [3.05, 3.63) is 52.3 Å². The molecule has 1 N–H and O–H groups in total. The fourth-order valence-electron chi connectivity index (χ4n) is 1.56. The van der Waals surface area contributed by atoms with Crippen LogP contribution in [0.3, 0.4) is 0 Å². The zero-order valence-electron chi connectivity index (χ0n) is 9.70. The second-order valence-electron chi connectivity index (χ2n) is 3.98. The second kappa shape index (κ2) is 4.75. The van der Waals surface area contributed by atoms with Crippen LogP contribution in [-0.2, 0) is 7.05 Å². The average molecular weight is 293 g/mol. The lowest BCUT2D eigenvalue weighted by Gasteiger charge is -2.05. The van der Waals surface area contributed by atoms with Gasteiger partial charge in [-0.3, -0.25) is 4.79 Å². The van der Waals surface area contributed by atoms with E-state index in [9.17, 15) is 4.79 Å². The van der Waals surface area contributed by atoms with Crippen LogP contribution >= 0.6 is 15.9 Å². The van der Waals surface area contributed by atoms with Crippen LogP contribution in [0.5, 0.6) is 0 Å². The van der Waals surface area contributed by atoms with Crippen molar-refractivity contribution in [1.82, 2.24) is 4.57 Å². The average Bonchev–Trinajstić information content (AvgIpc) is 2.70. The van der Waals surface area contributed by atoms with Crippen LogP contribution in [-0.4, -0.2) is 10.5 Å². The van der Waals surface area contributed by atoms with Gasteiger partial charge in [0, 0.05) is 29.6 Å². The van der Waals surface area contributed by atoms with Crippen molar-refractivity contribution >= 4 is 27.5 Å². The van der Waals surface area contributed by atoms with Crippen LogP contribution in [0.25, 0.3) is 0 Å². The standard InChI is InChI=1S/C13H13BrN2O/c1-9-7-11(3-4-12(9)14)15-13(17)10-5-6-16(2)8-10/h3-8H,1-2H3,(H,15,17). The summed E-state index contributed by atoms with van der Waals surface area (Å²) in [5.41, 5.74) is 2.56. The van der Waals surface area contributed by atoms with Crippen molar-refractivity contribution in [3.63, 3.8) is 0 Å². The van der Waals surface area contributed by atoms with Crippen molar-refractivity contribution in [2.24, 2.45) is 7.05 Å². The van der Waals surface area contributed by atoms with Crippen LogP contribution < -0.4 is 5.32 Å². The van der Waals surface area contributed by atoms with Crippen molar-refractivity contribution in [1.29, 1.82) is 0 Å². The fourth-order valence-corrected chi connectivity index (χ4v) is 1.81. The number of carbonyl (C=O) groups excluding carboxylic acids is 1. The molecule has 4 heteroatoms. The third kappa shape index (κ3) is 2.77. The maximum atomic E-state index is 11.9. The number of hydrogen-bond donors (Lipinski definition) is 1. The zero-order valence-corrected chi connectivity index (χ0v) is 11.3. The van der Waals surface area contributed by atoms with E-state index in [2.05, 4.69) is 21.2 Å². The molecule has 1 heterocycles. The second-order valence-corrected chi connectivity index (χ2v) is 4.84. The number of hydrogen-bond acceptors (Lipinski definition) is 1. The first-order valence-electron chi connectivity index (χ1n) is 5.26. The first kappa shape index (κ1) is 11.9. The third-order valence-corrected chi connectivity index (χ3v) is 3.40. The van der Waals surface area contributed by atoms with E-state index in [1.54, 1.807) is 12.3 Å². The van der Waals surface area contributed by atoms with Crippen molar-refractivity contribution in [2.45, 2.75) is 6.92 Å². The number of benzene rings is 1. The molecule has 2 aromatic rings. The molecule has 2 rings (SSSR count). The van der Waals surface area contributed by atoms with Gasteiger partial charge in [0.25, 0.3) is 5.91 Å². The summed E-state index contributed by atoms with van der Waals surface area (Å²) in [7, 11) is 1.89. The van der Waals surface area contributed by atoms with E-state index in [1.165, 1.54) is 0 Å². The van der Waals surface area contributed by atoms with Crippen LogP contribution in [0.15, 0.2) is 41.1 Å². The summed E-state index contributed by atoms with van der Waals surface area (Å²) in [5.74, 6) is -0.0904. The minimum atomic E-state index is -0.0904. The number of anilines is 1. The Labute approximate surface area is 109 Å². The largest absolute Gasteiger partial charge is 0.356 e. The molecule has 0 spiro atoms. The molecule has 0 unspecified atom stereocenters.